The zero-order valence-corrected chi connectivity index (χ0v) is 12.6. The Balaban J connectivity index is 1.65. The van der Waals surface area contributed by atoms with Gasteiger partial charge in [-0.2, -0.15) is 0 Å². The fraction of sp³-hybridized carbons (Fsp3) is 0.400. The van der Waals surface area contributed by atoms with Crippen molar-refractivity contribution in [3.8, 4) is 0 Å². The van der Waals surface area contributed by atoms with Crippen LogP contribution in [0.15, 0.2) is 54.6 Å². The fourth-order valence-electron chi connectivity index (χ4n) is 4.43. The van der Waals surface area contributed by atoms with Crippen molar-refractivity contribution in [2.24, 2.45) is 11.8 Å². The van der Waals surface area contributed by atoms with Crippen molar-refractivity contribution in [3.63, 3.8) is 0 Å². The molecule has 0 spiro atoms. The van der Waals surface area contributed by atoms with Gasteiger partial charge in [-0.15, -0.1) is 0 Å². The average molecular weight is 277 g/mol. The molecule has 0 aromatic heterocycles. The smallest absolute Gasteiger partial charge is 0.0357 e. The van der Waals surface area contributed by atoms with E-state index in [4.69, 9.17) is 0 Å². The molecule has 4 unspecified atom stereocenters. The number of benzene rings is 2. The summed E-state index contributed by atoms with van der Waals surface area (Å²) in [6.07, 6.45) is 2.63. The normalized spacial score (nSPS) is 27.6. The summed E-state index contributed by atoms with van der Waals surface area (Å²) < 4.78 is 0. The van der Waals surface area contributed by atoms with Gasteiger partial charge in [-0.3, -0.25) is 0 Å². The number of nitrogens with one attached hydrogen (secondary N) is 1. The van der Waals surface area contributed by atoms with Crippen molar-refractivity contribution in [2.75, 3.05) is 6.54 Å². The van der Waals surface area contributed by atoms with Crippen LogP contribution in [0.3, 0.4) is 0 Å². The van der Waals surface area contributed by atoms with Gasteiger partial charge < -0.3 is 5.32 Å². The Kier molecular flexibility index (Phi) is 3.31. The molecule has 0 aliphatic heterocycles. The van der Waals surface area contributed by atoms with E-state index in [1.165, 1.54) is 18.4 Å². The van der Waals surface area contributed by atoms with Crippen molar-refractivity contribution in [1.29, 1.82) is 0 Å². The summed E-state index contributed by atoms with van der Waals surface area (Å²) in [4.78, 5) is 0. The quantitative estimate of drug-likeness (QED) is 0.878. The topological polar surface area (TPSA) is 12.0 Å². The Morgan fingerprint density at radius 3 is 2.62 bits per heavy atom. The molecule has 4 atom stereocenters. The number of hydrogen-bond donors (Lipinski definition) is 1. The molecule has 0 amide bonds. The predicted molar refractivity (Wildman–Crippen MR) is 87.3 cm³/mol. The van der Waals surface area contributed by atoms with Gasteiger partial charge in [-0.05, 0) is 53.8 Å². The largest absolute Gasteiger partial charge is 0.310 e. The summed E-state index contributed by atoms with van der Waals surface area (Å²) in [6.45, 7) is 3.26. The third-order valence-electron chi connectivity index (χ3n) is 5.36. The molecule has 108 valence electrons. The van der Waals surface area contributed by atoms with Crippen LogP contribution in [0.1, 0.15) is 42.0 Å². The van der Waals surface area contributed by atoms with Crippen LogP contribution >= 0.6 is 0 Å². The van der Waals surface area contributed by atoms with Crippen LogP contribution in [-0.4, -0.2) is 6.54 Å². The monoisotopic (exact) mass is 277 g/mol. The Labute approximate surface area is 127 Å². The molecule has 21 heavy (non-hydrogen) atoms. The molecule has 1 heteroatoms. The van der Waals surface area contributed by atoms with Gasteiger partial charge in [-0.25, -0.2) is 0 Å². The maximum atomic E-state index is 3.75. The minimum Gasteiger partial charge on any atom is -0.310 e. The van der Waals surface area contributed by atoms with E-state index in [0.717, 1.165) is 24.3 Å². The molecule has 2 aliphatic rings. The highest BCUT2D eigenvalue weighted by Gasteiger charge is 2.56. The molecular formula is C20H23N. The van der Waals surface area contributed by atoms with Gasteiger partial charge in [0.15, 0.2) is 0 Å². The number of fused-ring (bicyclic) bond motifs is 3. The first kappa shape index (κ1) is 13.1. The van der Waals surface area contributed by atoms with E-state index in [1.54, 1.807) is 11.1 Å². The molecule has 4 rings (SSSR count). The maximum Gasteiger partial charge on any atom is 0.0357 e. The molecule has 0 bridgehead atoms. The van der Waals surface area contributed by atoms with Crippen LogP contribution < -0.4 is 5.32 Å². The third-order valence-corrected chi connectivity index (χ3v) is 5.36. The number of rotatable bonds is 4. The van der Waals surface area contributed by atoms with E-state index in [0.29, 0.717) is 6.04 Å². The summed E-state index contributed by atoms with van der Waals surface area (Å²) in [7, 11) is 0. The van der Waals surface area contributed by atoms with Crippen LogP contribution in [-0.2, 0) is 6.42 Å². The Bertz CT molecular complexity index is 619. The highest BCUT2D eigenvalue weighted by atomic mass is 14.9. The lowest BCUT2D eigenvalue weighted by atomic mass is 9.92. The predicted octanol–water partition coefficient (Wildman–Crippen LogP) is 4.31. The van der Waals surface area contributed by atoms with Crippen LogP contribution in [0.25, 0.3) is 0 Å². The van der Waals surface area contributed by atoms with Gasteiger partial charge in [-0.1, -0.05) is 61.5 Å². The van der Waals surface area contributed by atoms with Crippen molar-refractivity contribution in [1.82, 2.24) is 5.32 Å². The first-order chi connectivity index (χ1) is 10.4. The molecule has 2 aromatic carbocycles. The van der Waals surface area contributed by atoms with Crippen LogP contribution in [0.4, 0.5) is 0 Å². The van der Waals surface area contributed by atoms with Crippen LogP contribution in [0.5, 0.6) is 0 Å². The number of aryl methyl sites for hydroxylation is 1. The molecule has 2 aliphatic carbocycles. The van der Waals surface area contributed by atoms with Crippen molar-refractivity contribution in [3.05, 3.63) is 71.3 Å². The molecule has 0 radical (unpaired) electrons. The second kappa shape index (κ2) is 5.31. The summed E-state index contributed by atoms with van der Waals surface area (Å²) in [5, 5.41) is 3.75. The van der Waals surface area contributed by atoms with Crippen LogP contribution in [0.2, 0.25) is 0 Å². The summed E-state index contributed by atoms with van der Waals surface area (Å²) in [6, 6.07) is 20.6. The van der Waals surface area contributed by atoms with Gasteiger partial charge in [0, 0.05) is 6.04 Å². The highest BCUT2D eigenvalue weighted by Crippen LogP contribution is 2.64. The molecular weight excluding hydrogens is 254 g/mol. The van der Waals surface area contributed by atoms with Gasteiger partial charge >= 0.3 is 0 Å². The molecule has 0 heterocycles. The lowest BCUT2D eigenvalue weighted by molar-refractivity contribution is 0.460. The standard InChI is InChI=1S/C20H23N/c1-2-21-20(15-9-4-3-5-10-15)19-17-13-12-14-8-6-7-11-16(14)18(17)19/h3-11,17-21H,2,12-13H2,1H3. The molecule has 1 saturated carbocycles. The average Bonchev–Trinajstić information content (AvgIpc) is 3.28. The molecule has 1 N–H and O–H groups in total. The molecule has 2 aromatic rings. The SMILES string of the molecule is CCNC(c1ccccc1)C1C2CCc3ccccc3C21. The number of hydrogen-bond acceptors (Lipinski definition) is 1. The zero-order valence-electron chi connectivity index (χ0n) is 12.6. The Hall–Kier alpha value is -1.60. The minimum atomic E-state index is 0.511. The fourth-order valence-corrected chi connectivity index (χ4v) is 4.43. The first-order valence-electron chi connectivity index (χ1n) is 8.26. The van der Waals surface area contributed by atoms with E-state index < -0.39 is 0 Å². The van der Waals surface area contributed by atoms with Gasteiger partial charge in [0.25, 0.3) is 0 Å². The van der Waals surface area contributed by atoms with Crippen LogP contribution in [0, 0.1) is 11.8 Å². The maximum absolute atomic E-state index is 3.75. The minimum absolute atomic E-state index is 0.511. The highest BCUT2D eigenvalue weighted by molar-refractivity contribution is 5.41. The van der Waals surface area contributed by atoms with Gasteiger partial charge in [0.2, 0.25) is 0 Å². The van der Waals surface area contributed by atoms with Crippen molar-refractivity contribution < 1.29 is 0 Å². The van der Waals surface area contributed by atoms with Gasteiger partial charge in [0.1, 0.15) is 0 Å². The lowest BCUT2D eigenvalue weighted by Gasteiger charge is -2.19. The molecule has 1 fully saturated rings. The Morgan fingerprint density at radius 2 is 1.81 bits per heavy atom. The van der Waals surface area contributed by atoms with Gasteiger partial charge in [0.05, 0.1) is 0 Å². The molecule has 1 nitrogen and oxygen atoms in total. The van der Waals surface area contributed by atoms with E-state index in [9.17, 15) is 0 Å². The second-order valence-electron chi connectivity index (χ2n) is 6.45. The summed E-state index contributed by atoms with van der Waals surface area (Å²) in [5.74, 6) is 2.43. The van der Waals surface area contributed by atoms with E-state index in [1.807, 2.05) is 0 Å². The van der Waals surface area contributed by atoms with E-state index in [2.05, 4.69) is 66.8 Å². The Morgan fingerprint density at radius 1 is 1.05 bits per heavy atom. The lowest BCUT2D eigenvalue weighted by Crippen LogP contribution is -2.23. The zero-order chi connectivity index (χ0) is 14.2. The molecule has 0 saturated heterocycles. The third kappa shape index (κ3) is 2.20. The summed E-state index contributed by atoms with van der Waals surface area (Å²) in [5.41, 5.74) is 4.67. The first-order valence-corrected chi connectivity index (χ1v) is 8.26. The van der Waals surface area contributed by atoms with E-state index in [-0.39, 0.29) is 0 Å². The summed E-state index contributed by atoms with van der Waals surface area (Å²) >= 11 is 0. The van der Waals surface area contributed by atoms with E-state index >= 15 is 0 Å². The second-order valence-corrected chi connectivity index (χ2v) is 6.45. The van der Waals surface area contributed by atoms with Crippen molar-refractivity contribution in [2.45, 2.75) is 31.7 Å². The van der Waals surface area contributed by atoms with Crippen molar-refractivity contribution >= 4 is 0 Å².